The van der Waals surface area contributed by atoms with E-state index in [1.807, 2.05) is 17.7 Å². The lowest BCUT2D eigenvalue weighted by Gasteiger charge is -2.35. The Balaban J connectivity index is 1.47. The molecule has 0 aliphatic carbocycles. The van der Waals surface area contributed by atoms with Gasteiger partial charge in [0.05, 0.1) is 5.69 Å². The van der Waals surface area contributed by atoms with Crippen LogP contribution in [0.25, 0.3) is 4.83 Å². The maximum absolute atomic E-state index is 4.67. The molecule has 2 aromatic rings. The van der Waals surface area contributed by atoms with Crippen LogP contribution < -0.4 is 0 Å². The zero-order valence-electron chi connectivity index (χ0n) is 12.0. The van der Waals surface area contributed by atoms with Gasteiger partial charge in [0.1, 0.15) is 11.2 Å². The van der Waals surface area contributed by atoms with Crippen LogP contribution in [-0.4, -0.2) is 58.5 Å². The van der Waals surface area contributed by atoms with Gasteiger partial charge in [0.25, 0.3) is 0 Å². The van der Waals surface area contributed by atoms with E-state index in [9.17, 15) is 0 Å². The molecule has 2 aliphatic rings. The van der Waals surface area contributed by atoms with E-state index < -0.39 is 0 Å². The van der Waals surface area contributed by atoms with E-state index in [2.05, 4.69) is 37.8 Å². The topological polar surface area (TPSA) is 23.8 Å². The molecule has 0 bridgehead atoms. The number of likely N-dealkylation sites (tertiary alicyclic amines) is 2. The van der Waals surface area contributed by atoms with Crippen molar-refractivity contribution in [1.82, 2.24) is 19.2 Å². The fourth-order valence-corrected chi connectivity index (χ4v) is 4.63. The Kier molecular flexibility index (Phi) is 3.28. The van der Waals surface area contributed by atoms with E-state index in [-0.39, 0.29) is 0 Å². The summed E-state index contributed by atoms with van der Waals surface area (Å²) in [6, 6.07) is 0.803. The minimum atomic E-state index is 0.637. The molecule has 0 unspecified atom stereocenters. The Morgan fingerprint density at radius 2 is 2.05 bits per heavy atom. The van der Waals surface area contributed by atoms with Gasteiger partial charge in [-0.15, -0.1) is 11.3 Å². The van der Waals surface area contributed by atoms with Crippen LogP contribution in [0.2, 0.25) is 0 Å². The summed E-state index contributed by atoms with van der Waals surface area (Å²) in [7, 11) is 2.24. The van der Waals surface area contributed by atoms with Crippen LogP contribution in [0.1, 0.15) is 30.9 Å². The normalized spacial score (nSPS) is 26.8. The van der Waals surface area contributed by atoms with Gasteiger partial charge in [-0.2, -0.15) is 0 Å². The zero-order valence-corrected chi connectivity index (χ0v) is 12.9. The Hall–Kier alpha value is -0.910. The van der Waals surface area contributed by atoms with Crippen LogP contribution in [0.5, 0.6) is 0 Å². The van der Waals surface area contributed by atoms with E-state index in [0.717, 1.165) is 6.04 Å². The van der Waals surface area contributed by atoms with Crippen LogP contribution in [-0.2, 0) is 0 Å². The molecule has 2 saturated heterocycles. The lowest BCUT2D eigenvalue weighted by Crippen LogP contribution is -2.42. The maximum Gasteiger partial charge on any atom is 0.123 e. The minimum Gasteiger partial charge on any atom is -0.306 e. The highest BCUT2D eigenvalue weighted by molar-refractivity contribution is 7.15. The Morgan fingerprint density at radius 1 is 1.20 bits per heavy atom. The predicted molar refractivity (Wildman–Crippen MR) is 82.5 cm³/mol. The van der Waals surface area contributed by atoms with E-state index in [4.69, 9.17) is 0 Å². The van der Waals surface area contributed by atoms with Gasteiger partial charge in [0.2, 0.25) is 0 Å². The summed E-state index contributed by atoms with van der Waals surface area (Å²) >= 11 is 1.82. The number of rotatable bonds is 2. The number of fused-ring (bicyclic) bond motifs is 1. The van der Waals surface area contributed by atoms with Crippen LogP contribution in [0.4, 0.5) is 0 Å². The third kappa shape index (κ3) is 2.18. The molecular formula is C15H22N4S. The average molecular weight is 290 g/mol. The second-order valence-electron chi connectivity index (χ2n) is 6.26. The molecule has 108 valence electrons. The predicted octanol–water partition coefficient (Wildman–Crippen LogP) is 2.28. The molecule has 4 rings (SSSR count). The standard InChI is InChI=1S/C15H22N4S/c1-17-5-3-13(4-6-17)18-7-2-12(10-18)14-15-19(11-16-14)8-9-20-15/h8-9,11-13H,2-7,10H2,1H3/t12-/m1/s1. The Labute approximate surface area is 124 Å². The van der Waals surface area contributed by atoms with Gasteiger partial charge in [-0.3, -0.25) is 9.30 Å². The monoisotopic (exact) mass is 290 g/mol. The molecule has 2 aromatic heterocycles. The molecule has 0 radical (unpaired) electrons. The first kappa shape index (κ1) is 12.8. The number of thiazole rings is 1. The van der Waals surface area contributed by atoms with Crippen molar-refractivity contribution in [3.05, 3.63) is 23.6 Å². The highest BCUT2D eigenvalue weighted by Gasteiger charge is 2.32. The largest absolute Gasteiger partial charge is 0.306 e. The summed E-state index contributed by atoms with van der Waals surface area (Å²) in [6.45, 7) is 4.97. The molecule has 4 nitrogen and oxygen atoms in total. The van der Waals surface area contributed by atoms with Crippen molar-refractivity contribution in [2.45, 2.75) is 31.2 Å². The second-order valence-corrected chi connectivity index (χ2v) is 7.15. The second kappa shape index (κ2) is 5.13. The molecule has 20 heavy (non-hydrogen) atoms. The fraction of sp³-hybridized carbons (Fsp3) is 0.667. The van der Waals surface area contributed by atoms with Gasteiger partial charge in [-0.1, -0.05) is 0 Å². The van der Waals surface area contributed by atoms with Crippen molar-refractivity contribution in [3.63, 3.8) is 0 Å². The Morgan fingerprint density at radius 3 is 2.90 bits per heavy atom. The summed E-state index contributed by atoms with van der Waals surface area (Å²) in [6.07, 6.45) is 8.03. The Bertz CT molecular complexity index is 581. The average Bonchev–Trinajstić information content (AvgIpc) is 3.15. The van der Waals surface area contributed by atoms with E-state index >= 15 is 0 Å². The van der Waals surface area contributed by atoms with Gasteiger partial charge in [-0.05, 0) is 45.9 Å². The molecule has 5 heteroatoms. The van der Waals surface area contributed by atoms with Crippen LogP contribution in [0.15, 0.2) is 17.9 Å². The van der Waals surface area contributed by atoms with Crippen molar-refractivity contribution in [2.24, 2.45) is 0 Å². The number of nitrogens with zero attached hydrogens (tertiary/aromatic N) is 4. The van der Waals surface area contributed by atoms with Gasteiger partial charge in [0, 0.05) is 30.1 Å². The highest BCUT2D eigenvalue weighted by atomic mass is 32.1. The lowest BCUT2D eigenvalue weighted by atomic mass is 10.0. The van der Waals surface area contributed by atoms with Crippen molar-refractivity contribution >= 4 is 16.2 Å². The van der Waals surface area contributed by atoms with E-state index in [1.54, 1.807) is 0 Å². The zero-order chi connectivity index (χ0) is 13.5. The minimum absolute atomic E-state index is 0.637. The molecule has 2 fully saturated rings. The summed E-state index contributed by atoms with van der Waals surface area (Å²) in [5.41, 5.74) is 1.33. The summed E-state index contributed by atoms with van der Waals surface area (Å²) in [5, 5.41) is 2.16. The number of aromatic nitrogens is 2. The summed E-state index contributed by atoms with van der Waals surface area (Å²) < 4.78 is 2.16. The molecule has 0 saturated carbocycles. The number of hydrogen-bond acceptors (Lipinski definition) is 4. The molecule has 4 heterocycles. The van der Waals surface area contributed by atoms with Gasteiger partial charge in [-0.25, -0.2) is 4.98 Å². The first-order valence-electron chi connectivity index (χ1n) is 7.64. The third-order valence-corrected chi connectivity index (χ3v) is 5.89. The van der Waals surface area contributed by atoms with E-state index in [0.29, 0.717) is 5.92 Å². The smallest absolute Gasteiger partial charge is 0.123 e. The first-order valence-corrected chi connectivity index (χ1v) is 8.52. The van der Waals surface area contributed by atoms with Crippen molar-refractivity contribution < 1.29 is 0 Å². The SMILES string of the molecule is CN1CCC(N2CC[C@@H](c3ncn4ccsc34)C2)CC1. The number of imidazole rings is 1. The molecular weight excluding hydrogens is 268 g/mol. The molecule has 2 aliphatic heterocycles. The van der Waals surface area contributed by atoms with Crippen LogP contribution in [0.3, 0.4) is 0 Å². The van der Waals surface area contributed by atoms with Crippen LogP contribution in [0, 0.1) is 0 Å². The molecule has 1 atom stereocenters. The number of hydrogen-bond donors (Lipinski definition) is 0. The van der Waals surface area contributed by atoms with Gasteiger partial charge in [0.15, 0.2) is 0 Å². The first-order chi connectivity index (χ1) is 9.81. The van der Waals surface area contributed by atoms with Crippen molar-refractivity contribution in [2.75, 3.05) is 33.2 Å². The quantitative estimate of drug-likeness (QED) is 0.848. The summed E-state index contributed by atoms with van der Waals surface area (Å²) in [4.78, 5) is 11.2. The van der Waals surface area contributed by atoms with E-state index in [1.165, 1.54) is 56.0 Å². The van der Waals surface area contributed by atoms with Crippen LogP contribution >= 0.6 is 11.3 Å². The lowest BCUT2D eigenvalue weighted by molar-refractivity contribution is 0.142. The highest BCUT2D eigenvalue weighted by Crippen LogP contribution is 2.33. The summed E-state index contributed by atoms with van der Waals surface area (Å²) in [5.74, 6) is 0.637. The maximum atomic E-state index is 4.67. The van der Waals surface area contributed by atoms with Gasteiger partial charge < -0.3 is 4.90 Å². The van der Waals surface area contributed by atoms with Crippen molar-refractivity contribution in [3.8, 4) is 0 Å². The fourth-order valence-electron chi connectivity index (χ4n) is 3.73. The number of piperidine rings is 1. The molecule has 0 amide bonds. The molecule has 0 N–H and O–H groups in total. The molecule has 0 spiro atoms. The van der Waals surface area contributed by atoms with Gasteiger partial charge >= 0.3 is 0 Å². The molecule has 0 aromatic carbocycles. The third-order valence-electron chi connectivity index (χ3n) is 4.99. The van der Waals surface area contributed by atoms with Crippen molar-refractivity contribution in [1.29, 1.82) is 0 Å².